The minimum Gasteiger partial charge on any atom is -0.357 e. The molecule has 1 aromatic heterocycles. The number of benzene rings is 1. The van der Waals surface area contributed by atoms with Crippen LogP contribution in [0, 0.1) is 6.92 Å². The van der Waals surface area contributed by atoms with Crippen LogP contribution in [-0.2, 0) is 13.1 Å². The first-order chi connectivity index (χ1) is 12.2. The first-order valence-electron chi connectivity index (χ1n) is 8.83. The summed E-state index contributed by atoms with van der Waals surface area (Å²) in [6.07, 6.45) is 0. The molecule has 2 heterocycles. The molecule has 0 spiro atoms. The molecule has 7 nitrogen and oxygen atoms in total. The van der Waals surface area contributed by atoms with Crippen LogP contribution in [0.2, 0.25) is 0 Å². The van der Waals surface area contributed by atoms with E-state index in [1.165, 1.54) is 5.56 Å². The fourth-order valence-electron chi connectivity index (χ4n) is 2.94. The first kappa shape index (κ1) is 20.6. The first-order valence-corrected chi connectivity index (χ1v) is 8.83. The molecular formula is C18H27IN6O. The van der Waals surface area contributed by atoms with Crippen LogP contribution in [0.25, 0.3) is 0 Å². The van der Waals surface area contributed by atoms with Crippen molar-refractivity contribution in [1.29, 1.82) is 0 Å². The number of piperazine rings is 1. The van der Waals surface area contributed by atoms with Crippen molar-refractivity contribution in [3.05, 3.63) is 47.6 Å². The highest BCUT2D eigenvalue weighted by Gasteiger charge is 2.19. The monoisotopic (exact) mass is 470 g/mol. The van der Waals surface area contributed by atoms with E-state index in [1.807, 2.05) is 0 Å². The van der Waals surface area contributed by atoms with Gasteiger partial charge < -0.3 is 14.7 Å². The fraction of sp³-hybridized carbons (Fsp3) is 0.500. The topological polar surface area (TPSA) is 69.8 Å². The number of aliphatic imine (C=N–C) groups is 1. The number of aromatic nitrogens is 2. The number of aryl methyl sites for hydroxylation is 1. The van der Waals surface area contributed by atoms with E-state index in [4.69, 9.17) is 4.52 Å². The van der Waals surface area contributed by atoms with E-state index in [1.54, 1.807) is 6.92 Å². The van der Waals surface area contributed by atoms with Gasteiger partial charge in [0.2, 0.25) is 5.89 Å². The third-order valence-corrected chi connectivity index (χ3v) is 4.20. The van der Waals surface area contributed by atoms with Gasteiger partial charge in [-0.2, -0.15) is 4.98 Å². The predicted molar refractivity (Wildman–Crippen MR) is 113 cm³/mol. The molecule has 1 saturated heterocycles. The summed E-state index contributed by atoms with van der Waals surface area (Å²) in [5.74, 6) is 2.12. The predicted octanol–water partition coefficient (Wildman–Crippen LogP) is 2.28. The Hall–Kier alpha value is -1.68. The molecular weight excluding hydrogens is 443 g/mol. The molecule has 1 N–H and O–H groups in total. The summed E-state index contributed by atoms with van der Waals surface area (Å²) in [4.78, 5) is 13.7. The van der Waals surface area contributed by atoms with Crippen molar-refractivity contribution in [2.45, 2.75) is 26.9 Å². The summed E-state index contributed by atoms with van der Waals surface area (Å²) in [6, 6.07) is 10.6. The van der Waals surface area contributed by atoms with Crippen molar-refractivity contribution in [3.63, 3.8) is 0 Å². The molecule has 0 unspecified atom stereocenters. The van der Waals surface area contributed by atoms with Crippen LogP contribution in [0.5, 0.6) is 0 Å². The largest absolute Gasteiger partial charge is 0.357 e. The molecule has 1 aliphatic heterocycles. The molecule has 26 heavy (non-hydrogen) atoms. The van der Waals surface area contributed by atoms with Crippen molar-refractivity contribution in [1.82, 2.24) is 25.3 Å². The van der Waals surface area contributed by atoms with Gasteiger partial charge in [0, 0.05) is 46.2 Å². The zero-order chi connectivity index (χ0) is 17.5. The van der Waals surface area contributed by atoms with Gasteiger partial charge in [0.15, 0.2) is 11.8 Å². The summed E-state index contributed by atoms with van der Waals surface area (Å²) < 4.78 is 5.00. The van der Waals surface area contributed by atoms with Crippen LogP contribution in [0.4, 0.5) is 0 Å². The highest BCUT2D eigenvalue weighted by molar-refractivity contribution is 14.0. The van der Waals surface area contributed by atoms with Gasteiger partial charge in [-0.15, -0.1) is 24.0 Å². The van der Waals surface area contributed by atoms with Crippen LogP contribution < -0.4 is 5.32 Å². The van der Waals surface area contributed by atoms with E-state index in [0.29, 0.717) is 18.3 Å². The SMILES string of the molecule is CCNC(=NCc1noc(C)n1)N1CCN(Cc2ccccc2)CC1.I. The molecule has 1 aliphatic rings. The molecule has 0 aliphatic carbocycles. The van der Waals surface area contributed by atoms with Crippen LogP contribution in [-0.4, -0.2) is 58.6 Å². The van der Waals surface area contributed by atoms with Crippen LogP contribution in [0.3, 0.4) is 0 Å². The summed E-state index contributed by atoms with van der Waals surface area (Å²) in [5.41, 5.74) is 1.36. The summed E-state index contributed by atoms with van der Waals surface area (Å²) >= 11 is 0. The lowest BCUT2D eigenvalue weighted by Gasteiger charge is -2.36. The number of hydrogen-bond acceptors (Lipinski definition) is 5. The second-order valence-corrected chi connectivity index (χ2v) is 6.15. The summed E-state index contributed by atoms with van der Waals surface area (Å²) in [6.45, 7) is 10.1. The fourth-order valence-corrected chi connectivity index (χ4v) is 2.94. The number of nitrogens with zero attached hydrogens (tertiary/aromatic N) is 5. The lowest BCUT2D eigenvalue weighted by Crippen LogP contribution is -2.52. The highest BCUT2D eigenvalue weighted by atomic mass is 127. The van der Waals surface area contributed by atoms with E-state index in [0.717, 1.165) is 45.2 Å². The maximum absolute atomic E-state index is 5.00. The molecule has 1 aromatic carbocycles. The van der Waals surface area contributed by atoms with Gasteiger partial charge in [-0.25, -0.2) is 4.99 Å². The zero-order valence-corrected chi connectivity index (χ0v) is 17.7. The number of guanidine groups is 1. The Morgan fingerprint density at radius 1 is 1.19 bits per heavy atom. The number of halogens is 1. The van der Waals surface area contributed by atoms with E-state index in [-0.39, 0.29) is 24.0 Å². The van der Waals surface area contributed by atoms with Gasteiger partial charge in [0.1, 0.15) is 6.54 Å². The molecule has 1 fully saturated rings. The quantitative estimate of drug-likeness (QED) is 0.411. The number of nitrogens with one attached hydrogen (secondary N) is 1. The van der Waals surface area contributed by atoms with E-state index >= 15 is 0 Å². The van der Waals surface area contributed by atoms with Gasteiger partial charge >= 0.3 is 0 Å². The third kappa shape index (κ3) is 5.94. The van der Waals surface area contributed by atoms with Gasteiger partial charge in [0.05, 0.1) is 0 Å². The van der Waals surface area contributed by atoms with Crippen molar-refractivity contribution >= 4 is 29.9 Å². The minimum atomic E-state index is 0. The standard InChI is InChI=1S/C18H26N6O.HI/c1-3-19-18(20-13-17-21-15(2)25-22-17)24-11-9-23(10-12-24)14-16-7-5-4-6-8-16;/h4-8H,3,9-14H2,1-2H3,(H,19,20);1H. The summed E-state index contributed by atoms with van der Waals surface area (Å²) in [7, 11) is 0. The molecule has 0 amide bonds. The minimum absolute atomic E-state index is 0. The number of hydrogen-bond donors (Lipinski definition) is 1. The number of rotatable bonds is 5. The van der Waals surface area contributed by atoms with Crippen molar-refractivity contribution in [2.75, 3.05) is 32.7 Å². The van der Waals surface area contributed by atoms with Crippen molar-refractivity contribution < 1.29 is 4.52 Å². The maximum Gasteiger partial charge on any atom is 0.223 e. The third-order valence-electron chi connectivity index (χ3n) is 4.20. The van der Waals surface area contributed by atoms with Crippen LogP contribution >= 0.6 is 24.0 Å². The van der Waals surface area contributed by atoms with E-state index in [2.05, 4.69) is 67.5 Å². The van der Waals surface area contributed by atoms with Crippen molar-refractivity contribution in [3.8, 4) is 0 Å². The second kappa shape index (κ2) is 10.5. The van der Waals surface area contributed by atoms with Gasteiger partial charge in [-0.1, -0.05) is 35.5 Å². The average molecular weight is 470 g/mol. The molecule has 142 valence electrons. The Labute approximate surface area is 171 Å². The zero-order valence-electron chi connectivity index (χ0n) is 15.4. The molecule has 0 bridgehead atoms. The molecule has 8 heteroatoms. The maximum atomic E-state index is 5.00. The lowest BCUT2D eigenvalue weighted by atomic mass is 10.2. The second-order valence-electron chi connectivity index (χ2n) is 6.15. The molecule has 2 aromatic rings. The normalized spacial score (nSPS) is 15.6. The molecule has 3 rings (SSSR count). The highest BCUT2D eigenvalue weighted by Crippen LogP contribution is 2.09. The van der Waals surface area contributed by atoms with Gasteiger partial charge in [0.25, 0.3) is 0 Å². The Kier molecular flexibility index (Phi) is 8.30. The molecule has 0 saturated carbocycles. The van der Waals surface area contributed by atoms with E-state index < -0.39 is 0 Å². The van der Waals surface area contributed by atoms with Gasteiger partial charge in [-0.3, -0.25) is 4.90 Å². The Bertz CT molecular complexity index is 682. The summed E-state index contributed by atoms with van der Waals surface area (Å²) in [5, 5.41) is 7.27. The molecule has 0 atom stereocenters. The Balaban J connectivity index is 0.00000243. The smallest absolute Gasteiger partial charge is 0.223 e. The Morgan fingerprint density at radius 3 is 2.54 bits per heavy atom. The van der Waals surface area contributed by atoms with Gasteiger partial charge in [-0.05, 0) is 12.5 Å². The average Bonchev–Trinajstić information content (AvgIpc) is 3.06. The van der Waals surface area contributed by atoms with Crippen molar-refractivity contribution in [2.24, 2.45) is 4.99 Å². The molecule has 0 radical (unpaired) electrons. The lowest BCUT2D eigenvalue weighted by molar-refractivity contribution is 0.172. The van der Waals surface area contributed by atoms with Crippen LogP contribution in [0.1, 0.15) is 24.2 Å². The van der Waals surface area contributed by atoms with E-state index in [9.17, 15) is 0 Å². The Morgan fingerprint density at radius 2 is 1.92 bits per heavy atom. The van der Waals surface area contributed by atoms with Crippen LogP contribution in [0.15, 0.2) is 39.8 Å².